The molecule has 0 aliphatic heterocycles. The number of H-pyrrole nitrogens is 1. The summed E-state index contributed by atoms with van der Waals surface area (Å²) in [6, 6.07) is 16.9. The number of fused-ring (bicyclic) bond motifs is 1. The molecule has 198 valence electrons. The summed E-state index contributed by atoms with van der Waals surface area (Å²) in [6.07, 6.45) is -0.929. The van der Waals surface area contributed by atoms with Crippen LogP contribution in [0.15, 0.2) is 60.7 Å². The first-order valence-electron chi connectivity index (χ1n) is 12.1. The first-order valence-corrected chi connectivity index (χ1v) is 12.9. The van der Waals surface area contributed by atoms with Crippen LogP contribution in [0.4, 0.5) is 10.5 Å². The first kappa shape index (κ1) is 27.4. The number of carbonyl (C=O) groups excluding carboxylic acids is 2. The molecule has 3 amide bonds. The number of amides is 3. The second-order valence-corrected chi connectivity index (χ2v) is 10.1. The van der Waals surface area contributed by atoms with E-state index in [4.69, 9.17) is 23.2 Å². The van der Waals surface area contributed by atoms with Gasteiger partial charge in [0.2, 0.25) is 0 Å². The number of urea groups is 1. The smallest absolute Gasteiger partial charge is 0.322 e. The van der Waals surface area contributed by atoms with E-state index in [9.17, 15) is 14.7 Å². The van der Waals surface area contributed by atoms with Gasteiger partial charge in [-0.15, -0.1) is 0 Å². The molecule has 3 aromatic carbocycles. The summed E-state index contributed by atoms with van der Waals surface area (Å²) in [4.78, 5) is 34.6. The van der Waals surface area contributed by atoms with E-state index in [1.54, 1.807) is 47.4 Å². The van der Waals surface area contributed by atoms with E-state index in [0.717, 1.165) is 22.4 Å². The van der Waals surface area contributed by atoms with E-state index < -0.39 is 6.10 Å². The monoisotopic (exact) mass is 553 g/mol. The number of aliphatic hydroxyl groups is 1. The summed E-state index contributed by atoms with van der Waals surface area (Å²) in [5.74, 6) is 0.605. The molecule has 1 atom stereocenters. The lowest BCUT2D eigenvalue weighted by molar-refractivity contribution is 0.0951. The van der Waals surface area contributed by atoms with Crippen LogP contribution in [0.25, 0.3) is 11.0 Å². The molecule has 4 aromatic rings. The number of benzene rings is 3. The zero-order chi connectivity index (χ0) is 27.4. The van der Waals surface area contributed by atoms with Crippen LogP contribution < -0.4 is 10.6 Å². The highest BCUT2D eigenvalue weighted by atomic mass is 35.5. The minimum Gasteiger partial charge on any atom is -0.387 e. The number of hydrogen-bond acceptors (Lipinski definition) is 4. The van der Waals surface area contributed by atoms with Crippen LogP contribution >= 0.6 is 23.2 Å². The van der Waals surface area contributed by atoms with Gasteiger partial charge in [0.05, 0.1) is 33.7 Å². The Morgan fingerprint density at radius 2 is 1.76 bits per heavy atom. The number of aliphatic hydroxyl groups excluding tert-OH is 1. The molecule has 0 saturated heterocycles. The van der Waals surface area contributed by atoms with E-state index in [0.29, 0.717) is 33.4 Å². The number of aryl methyl sites for hydroxylation is 1. The Morgan fingerprint density at radius 1 is 1.03 bits per heavy atom. The normalized spacial score (nSPS) is 12.0. The summed E-state index contributed by atoms with van der Waals surface area (Å²) in [6.45, 7) is 6.03. The molecular formula is C28H29Cl2N5O3. The average Bonchev–Trinajstić information content (AvgIpc) is 3.27. The number of anilines is 1. The van der Waals surface area contributed by atoms with Gasteiger partial charge in [-0.1, -0.05) is 41.4 Å². The second-order valence-electron chi connectivity index (χ2n) is 9.30. The number of nitrogens with zero attached hydrogens (tertiary/aromatic N) is 2. The minimum atomic E-state index is -0.929. The number of imidazole rings is 1. The number of carbonyl (C=O) groups is 2. The van der Waals surface area contributed by atoms with Gasteiger partial charge in [0.25, 0.3) is 5.91 Å². The van der Waals surface area contributed by atoms with Crippen molar-refractivity contribution in [3.63, 3.8) is 0 Å². The van der Waals surface area contributed by atoms with Crippen molar-refractivity contribution >= 4 is 51.9 Å². The van der Waals surface area contributed by atoms with Crippen molar-refractivity contribution in [3.8, 4) is 0 Å². The van der Waals surface area contributed by atoms with Crippen LogP contribution in [-0.2, 0) is 6.54 Å². The SMILES string of the molecule is Cc1nc2ccc(C(=O)NCc3ccc(NC(=O)N(C[C@@H](O)c4ccc(Cl)c(Cl)c4)C(C)C)cc3)cc2[nH]1. The van der Waals surface area contributed by atoms with E-state index in [2.05, 4.69) is 20.6 Å². The maximum Gasteiger partial charge on any atom is 0.322 e. The third-order valence-electron chi connectivity index (χ3n) is 6.10. The Bertz CT molecular complexity index is 1450. The fourth-order valence-corrected chi connectivity index (χ4v) is 4.31. The van der Waals surface area contributed by atoms with Gasteiger partial charge in [-0.05, 0) is 74.4 Å². The first-order chi connectivity index (χ1) is 18.1. The van der Waals surface area contributed by atoms with Crippen molar-refractivity contribution in [2.45, 2.75) is 39.5 Å². The van der Waals surface area contributed by atoms with Crippen molar-refractivity contribution < 1.29 is 14.7 Å². The molecule has 0 aliphatic carbocycles. The lowest BCUT2D eigenvalue weighted by atomic mass is 10.1. The lowest BCUT2D eigenvalue weighted by Crippen LogP contribution is -2.42. The van der Waals surface area contributed by atoms with Gasteiger partial charge in [0, 0.05) is 23.8 Å². The fourth-order valence-electron chi connectivity index (χ4n) is 4.00. The summed E-state index contributed by atoms with van der Waals surface area (Å²) in [5.41, 5.74) is 4.22. The quantitative estimate of drug-likeness (QED) is 0.212. The van der Waals surface area contributed by atoms with Crippen molar-refractivity contribution in [2.24, 2.45) is 0 Å². The highest BCUT2D eigenvalue weighted by molar-refractivity contribution is 6.42. The van der Waals surface area contributed by atoms with Crippen LogP contribution in [0.1, 0.15) is 47.3 Å². The molecule has 38 heavy (non-hydrogen) atoms. The molecule has 0 bridgehead atoms. The summed E-state index contributed by atoms with van der Waals surface area (Å²) >= 11 is 12.0. The minimum absolute atomic E-state index is 0.0789. The van der Waals surface area contributed by atoms with Gasteiger partial charge in [-0.3, -0.25) is 4.79 Å². The summed E-state index contributed by atoms with van der Waals surface area (Å²) in [7, 11) is 0. The molecule has 4 N–H and O–H groups in total. The molecule has 0 fully saturated rings. The molecule has 0 unspecified atom stereocenters. The predicted molar refractivity (Wildman–Crippen MR) is 151 cm³/mol. The molecule has 4 rings (SSSR count). The number of aromatic amines is 1. The van der Waals surface area contributed by atoms with Gasteiger partial charge >= 0.3 is 6.03 Å². The van der Waals surface area contributed by atoms with Crippen LogP contribution in [0.3, 0.4) is 0 Å². The van der Waals surface area contributed by atoms with Crippen LogP contribution in [-0.4, -0.2) is 44.5 Å². The van der Waals surface area contributed by atoms with E-state index in [-0.39, 0.29) is 24.5 Å². The van der Waals surface area contributed by atoms with Crippen LogP contribution in [0.5, 0.6) is 0 Å². The Hall–Kier alpha value is -3.59. The van der Waals surface area contributed by atoms with Gasteiger partial charge in [0.15, 0.2) is 0 Å². The Labute approximate surface area is 231 Å². The number of halogens is 2. The van der Waals surface area contributed by atoms with Crippen molar-refractivity contribution in [1.29, 1.82) is 0 Å². The molecule has 0 aliphatic rings. The molecule has 0 spiro atoms. The number of aromatic nitrogens is 2. The predicted octanol–water partition coefficient (Wildman–Crippen LogP) is 6.08. The van der Waals surface area contributed by atoms with E-state index in [1.807, 2.05) is 39.0 Å². The van der Waals surface area contributed by atoms with Crippen molar-refractivity contribution in [2.75, 3.05) is 11.9 Å². The highest BCUT2D eigenvalue weighted by Gasteiger charge is 2.22. The van der Waals surface area contributed by atoms with E-state index in [1.165, 1.54) is 0 Å². The fraction of sp³-hybridized carbons (Fsp3) is 0.250. The number of rotatable bonds is 8. The zero-order valence-corrected chi connectivity index (χ0v) is 22.8. The summed E-state index contributed by atoms with van der Waals surface area (Å²) in [5, 5.41) is 17.2. The van der Waals surface area contributed by atoms with E-state index >= 15 is 0 Å². The highest BCUT2D eigenvalue weighted by Crippen LogP contribution is 2.26. The maximum atomic E-state index is 13.0. The molecule has 0 radical (unpaired) electrons. The average molecular weight is 554 g/mol. The number of hydrogen-bond donors (Lipinski definition) is 4. The zero-order valence-electron chi connectivity index (χ0n) is 21.3. The third-order valence-corrected chi connectivity index (χ3v) is 6.84. The topological polar surface area (TPSA) is 110 Å². The molecular weight excluding hydrogens is 525 g/mol. The van der Waals surface area contributed by atoms with Crippen LogP contribution in [0.2, 0.25) is 10.0 Å². The van der Waals surface area contributed by atoms with Crippen molar-refractivity contribution in [1.82, 2.24) is 20.2 Å². The van der Waals surface area contributed by atoms with Crippen LogP contribution in [0, 0.1) is 6.92 Å². The Kier molecular flexibility index (Phi) is 8.56. The largest absolute Gasteiger partial charge is 0.387 e. The lowest BCUT2D eigenvalue weighted by Gasteiger charge is -2.29. The molecule has 1 heterocycles. The Morgan fingerprint density at radius 3 is 2.45 bits per heavy atom. The van der Waals surface area contributed by atoms with Gasteiger partial charge < -0.3 is 25.6 Å². The van der Waals surface area contributed by atoms with Gasteiger partial charge in [-0.2, -0.15) is 0 Å². The molecule has 1 aromatic heterocycles. The molecule has 8 nitrogen and oxygen atoms in total. The third kappa shape index (κ3) is 6.64. The Balaban J connectivity index is 1.33. The maximum absolute atomic E-state index is 13.0. The summed E-state index contributed by atoms with van der Waals surface area (Å²) < 4.78 is 0. The van der Waals surface area contributed by atoms with Gasteiger partial charge in [-0.25, -0.2) is 9.78 Å². The van der Waals surface area contributed by atoms with Gasteiger partial charge in [0.1, 0.15) is 5.82 Å². The number of nitrogens with one attached hydrogen (secondary N) is 3. The molecule has 0 saturated carbocycles. The van der Waals surface area contributed by atoms with Crippen molar-refractivity contribution in [3.05, 3.63) is 93.2 Å². The standard InChI is InChI=1S/C28H29Cl2N5O3/c1-16(2)35(15-26(36)19-6-10-22(29)23(30)12-19)28(38)34-21-8-4-18(5-9-21)14-31-27(37)20-7-11-24-25(13-20)33-17(3)32-24/h4-13,16,26,36H,14-15H2,1-3H3,(H,31,37)(H,32,33)(H,34,38)/t26-/m1/s1. The molecule has 10 heteroatoms. The second kappa shape index (κ2) is 11.9.